The molecule has 1 aliphatic carbocycles. The summed E-state index contributed by atoms with van der Waals surface area (Å²) in [4.78, 5) is 19.1. The largest absolute Gasteiger partial charge is 0.490 e. The van der Waals surface area contributed by atoms with Crippen molar-refractivity contribution in [2.75, 3.05) is 52.5 Å². The SMILES string of the molecule is CCOc1ccc(C2(CCN3CCN(C4CCCCC4)CC3)CCCNC(C(=O)Cc3c(F)cccc3Cl)C2)cc1OCC. The van der Waals surface area contributed by atoms with Gasteiger partial charge >= 0.3 is 0 Å². The first-order valence-corrected chi connectivity index (χ1v) is 17.4. The van der Waals surface area contributed by atoms with E-state index in [-0.39, 0.29) is 23.2 Å². The fraction of sp³-hybridized carbons (Fsp3) is 0.639. The molecule has 2 saturated heterocycles. The number of benzene rings is 2. The normalized spacial score (nSPS) is 24.1. The summed E-state index contributed by atoms with van der Waals surface area (Å²) >= 11 is 6.33. The van der Waals surface area contributed by atoms with Gasteiger partial charge in [0, 0.05) is 49.2 Å². The van der Waals surface area contributed by atoms with Crippen LogP contribution in [0, 0.1) is 5.82 Å². The predicted molar refractivity (Wildman–Crippen MR) is 176 cm³/mol. The maximum Gasteiger partial charge on any atom is 0.161 e. The van der Waals surface area contributed by atoms with Crippen molar-refractivity contribution in [2.24, 2.45) is 0 Å². The van der Waals surface area contributed by atoms with Crippen molar-refractivity contribution < 1.29 is 18.7 Å². The average molecular weight is 628 g/mol. The van der Waals surface area contributed by atoms with Crippen LogP contribution in [0.1, 0.15) is 82.8 Å². The van der Waals surface area contributed by atoms with Gasteiger partial charge in [-0.2, -0.15) is 0 Å². The van der Waals surface area contributed by atoms with Gasteiger partial charge in [-0.25, -0.2) is 4.39 Å². The molecule has 2 aliphatic heterocycles. The van der Waals surface area contributed by atoms with Crippen molar-refractivity contribution in [2.45, 2.75) is 95.6 Å². The van der Waals surface area contributed by atoms with Crippen molar-refractivity contribution in [1.82, 2.24) is 15.1 Å². The molecule has 5 rings (SSSR count). The fourth-order valence-corrected chi connectivity index (χ4v) is 7.91. The summed E-state index contributed by atoms with van der Waals surface area (Å²) in [5.74, 6) is 1.07. The van der Waals surface area contributed by atoms with Crippen LogP contribution in [0.15, 0.2) is 36.4 Å². The van der Waals surface area contributed by atoms with Gasteiger partial charge in [-0.3, -0.25) is 9.69 Å². The van der Waals surface area contributed by atoms with Crippen LogP contribution in [0.25, 0.3) is 0 Å². The number of nitrogens with one attached hydrogen (secondary N) is 1. The van der Waals surface area contributed by atoms with Crippen molar-refractivity contribution in [3.05, 3.63) is 58.4 Å². The number of piperazine rings is 1. The molecule has 8 heteroatoms. The molecule has 6 nitrogen and oxygen atoms in total. The molecule has 0 amide bonds. The summed E-state index contributed by atoms with van der Waals surface area (Å²) < 4.78 is 26.6. The monoisotopic (exact) mass is 627 g/mol. The van der Waals surface area contributed by atoms with Crippen LogP contribution >= 0.6 is 11.6 Å². The van der Waals surface area contributed by atoms with Crippen LogP contribution in [0.5, 0.6) is 11.5 Å². The Hall–Kier alpha value is -2.19. The third-order valence-corrected chi connectivity index (χ3v) is 10.5. The van der Waals surface area contributed by atoms with E-state index in [0.29, 0.717) is 24.7 Å². The Labute approximate surface area is 268 Å². The molecule has 2 unspecified atom stereocenters. The van der Waals surface area contributed by atoms with Crippen LogP contribution in [0.2, 0.25) is 5.02 Å². The molecular weight excluding hydrogens is 577 g/mol. The lowest BCUT2D eigenvalue weighted by atomic mass is 9.69. The van der Waals surface area contributed by atoms with Gasteiger partial charge in [0.05, 0.1) is 19.3 Å². The zero-order valence-electron chi connectivity index (χ0n) is 26.7. The molecule has 3 fully saturated rings. The number of hydrogen-bond donors (Lipinski definition) is 1. The van der Waals surface area contributed by atoms with Gasteiger partial charge < -0.3 is 19.7 Å². The molecule has 3 aliphatic rings. The quantitative estimate of drug-likeness (QED) is 0.279. The third kappa shape index (κ3) is 8.14. The molecule has 2 aromatic carbocycles. The van der Waals surface area contributed by atoms with Crippen LogP contribution < -0.4 is 14.8 Å². The van der Waals surface area contributed by atoms with Gasteiger partial charge in [0.1, 0.15) is 5.82 Å². The topological polar surface area (TPSA) is 54.0 Å². The van der Waals surface area contributed by atoms with Crippen LogP contribution in [-0.2, 0) is 16.6 Å². The lowest BCUT2D eigenvalue weighted by molar-refractivity contribution is -0.120. The van der Waals surface area contributed by atoms with E-state index in [1.165, 1.54) is 43.7 Å². The first-order chi connectivity index (χ1) is 21.4. The third-order valence-electron chi connectivity index (χ3n) is 10.2. The molecule has 1 N–H and O–H groups in total. The van der Waals surface area contributed by atoms with E-state index in [1.807, 2.05) is 19.9 Å². The second-order valence-corrected chi connectivity index (χ2v) is 13.3. The van der Waals surface area contributed by atoms with E-state index in [2.05, 4.69) is 27.2 Å². The fourth-order valence-electron chi connectivity index (χ4n) is 7.68. The Kier molecular flexibility index (Phi) is 12.0. The number of ketones is 1. The highest BCUT2D eigenvalue weighted by Gasteiger charge is 2.40. The van der Waals surface area contributed by atoms with E-state index in [1.54, 1.807) is 12.1 Å². The Morgan fingerprint density at radius 1 is 1.00 bits per heavy atom. The Bertz CT molecular complexity index is 1210. The molecule has 2 atom stereocenters. The van der Waals surface area contributed by atoms with Crippen LogP contribution in [0.3, 0.4) is 0 Å². The Morgan fingerprint density at radius 2 is 1.75 bits per heavy atom. The smallest absolute Gasteiger partial charge is 0.161 e. The lowest BCUT2D eigenvalue weighted by Gasteiger charge is -2.42. The number of Topliss-reactive ketones (excluding diaryl/α,β-unsaturated/α-hetero) is 1. The molecule has 2 aromatic rings. The van der Waals surface area contributed by atoms with Crippen molar-refractivity contribution in [1.29, 1.82) is 0 Å². The minimum atomic E-state index is -0.425. The van der Waals surface area contributed by atoms with Gasteiger partial charge in [0.15, 0.2) is 17.3 Å². The average Bonchev–Trinajstić information content (AvgIpc) is 3.27. The van der Waals surface area contributed by atoms with Gasteiger partial charge in [0.25, 0.3) is 0 Å². The molecule has 0 radical (unpaired) electrons. The van der Waals surface area contributed by atoms with Crippen molar-refractivity contribution >= 4 is 17.4 Å². The van der Waals surface area contributed by atoms with Crippen LogP contribution in [0.4, 0.5) is 4.39 Å². The number of carbonyl (C=O) groups excluding carboxylic acids is 1. The first-order valence-electron chi connectivity index (χ1n) is 17.0. The van der Waals surface area contributed by atoms with Gasteiger partial charge in [-0.05, 0) is 101 Å². The second kappa shape index (κ2) is 15.9. The number of hydrogen-bond acceptors (Lipinski definition) is 6. The second-order valence-electron chi connectivity index (χ2n) is 12.9. The summed E-state index contributed by atoms with van der Waals surface area (Å²) in [6.45, 7) is 11.3. The summed E-state index contributed by atoms with van der Waals surface area (Å²) in [6, 6.07) is 11.3. The minimum absolute atomic E-state index is 0.0136. The number of halogens is 2. The number of rotatable bonds is 12. The Morgan fingerprint density at radius 3 is 2.48 bits per heavy atom. The van der Waals surface area contributed by atoms with E-state index >= 15 is 0 Å². The summed E-state index contributed by atoms with van der Waals surface area (Å²) in [5.41, 5.74) is 1.24. The number of carbonyl (C=O) groups is 1. The van der Waals surface area contributed by atoms with Crippen LogP contribution in [-0.4, -0.2) is 80.1 Å². The molecule has 0 bridgehead atoms. The zero-order valence-corrected chi connectivity index (χ0v) is 27.5. The van der Waals surface area contributed by atoms with Gasteiger partial charge in [-0.15, -0.1) is 0 Å². The minimum Gasteiger partial charge on any atom is -0.490 e. The zero-order chi connectivity index (χ0) is 30.9. The lowest BCUT2D eigenvalue weighted by Crippen LogP contribution is -2.51. The highest BCUT2D eigenvalue weighted by atomic mass is 35.5. The molecule has 1 saturated carbocycles. The highest BCUT2D eigenvalue weighted by molar-refractivity contribution is 6.31. The number of ether oxygens (including phenoxy) is 2. The van der Waals surface area contributed by atoms with Crippen molar-refractivity contribution in [3.8, 4) is 11.5 Å². The maximum atomic E-state index is 14.7. The van der Waals surface area contributed by atoms with Crippen molar-refractivity contribution in [3.63, 3.8) is 0 Å². The molecule has 0 aromatic heterocycles. The first kappa shape index (κ1) is 33.2. The van der Waals surface area contributed by atoms with E-state index in [4.69, 9.17) is 21.1 Å². The predicted octanol–water partition coefficient (Wildman–Crippen LogP) is 6.81. The maximum absolute atomic E-state index is 14.7. The van der Waals surface area contributed by atoms with E-state index in [9.17, 15) is 9.18 Å². The Balaban J connectivity index is 1.37. The van der Waals surface area contributed by atoms with Gasteiger partial charge in [-0.1, -0.05) is 43.0 Å². The summed E-state index contributed by atoms with van der Waals surface area (Å²) in [7, 11) is 0. The molecule has 0 spiro atoms. The van der Waals surface area contributed by atoms with E-state index in [0.717, 1.165) is 76.1 Å². The molecule has 2 heterocycles. The summed E-state index contributed by atoms with van der Waals surface area (Å²) in [5, 5.41) is 3.83. The van der Waals surface area contributed by atoms with E-state index < -0.39 is 11.9 Å². The molecular formula is C36H51ClFN3O3. The van der Waals surface area contributed by atoms with Gasteiger partial charge in [0.2, 0.25) is 0 Å². The molecule has 242 valence electrons. The summed E-state index contributed by atoms with van der Waals surface area (Å²) in [6.07, 6.45) is 10.3. The standard InChI is InChI=1S/C36H51ClFN3O3/c1-3-43-34-15-14-27(24-35(34)44-4-2)36(17-19-40-20-22-41(23-21-40)28-10-6-5-7-11-28)16-9-18-39-32(26-36)33(42)25-29-30(37)12-8-13-31(29)38/h8,12-15,24,28,32,39H,3-7,9-11,16-23,25-26H2,1-2H3. The molecule has 44 heavy (non-hydrogen) atoms. The highest BCUT2D eigenvalue weighted by Crippen LogP contribution is 2.43. The number of nitrogens with zero attached hydrogens (tertiary/aromatic N) is 2.